The molecule has 8 heteroatoms. The second kappa shape index (κ2) is 16.4. The lowest BCUT2D eigenvalue weighted by Gasteiger charge is -2.17. The molecule has 0 heterocycles. The lowest BCUT2D eigenvalue weighted by molar-refractivity contribution is -0.523. The number of aliphatic carboxylic acids is 1. The van der Waals surface area contributed by atoms with E-state index in [0.29, 0.717) is 30.8 Å². The number of carboxylic acid groups (broad SMARTS) is 1. The molecule has 8 nitrogen and oxygen atoms in total. The van der Waals surface area contributed by atoms with Gasteiger partial charge in [-0.25, -0.2) is 0 Å². The van der Waals surface area contributed by atoms with Gasteiger partial charge in [0.05, 0.1) is 17.8 Å². The van der Waals surface area contributed by atoms with E-state index in [2.05, 4.69) is 17.2 Å². The lowest BCUT2D eigenvalue weighted by atomic mass is 10.00. The van der Waals surface area contributed by atoms with Crippen molar-refractivity contribution >= 4 is 23.0 Å². The fourth-order valence-corrected chi connectivity index (χ4v) is 4.05. The Kier molecular flexibility index (Phi) is 13.2. The van der Waals surface area contributed by atoms with E-state index in [9.17, 15) is 14.9 Å². The maximum absolute atomic E-state index is 11.5. The number of benzene rings is 2. The fourth-order valence-electron chi connectivity index (χ4n) is 4.05. The van der Waals surface area contributed by atoms with Crippen LogP contribution in [0.4, 0.5) is 17.1 Å². The molecule has 0 saturated heterocycles. The highest BCUT2D eigenvalue weighted by molar-refractivity contribution is 5.67. The van der Waals surface area contributed by atoms with Crippen molar-refractivity contribution in [2.45, 2.75) is 83.6 Å². The number of anilines is 1. The first-order chi connectivity index (χ1) is 17.4. The first-order valence-electron chi connectivity index (χ1n) is 13.1. The minimum Gasteiger partial charge on any atom is -0.481 e. The quantitative estimate of drug-likeness (QED) is 0.0983. The van der Waals surface area contributed by atoms with Gasteiger partial charge in [0.2, 0.25) is 6.04 Å². The van der Waals surface area contributed by atoms with E-state index in [4.69, 9.17) is 5.11 Å². The highest BCUT2D eigenvalue weighted by atomic mass is 16.6. The van der Waals surface area contributed by atoms with Crippen molar-refractivity contribution in [1.82, 2.24) is 0 Å². The van der Waals surface area contributed by atoms with E-state index < -0.39 is 12.0 Å². The van der Waals surface area contributed by atoms with Crippen LogP contribution in [-0.4, -0.2) is 35.6 Å². The third kappa shape index (κ3) is 11.4. The van der Waals surface area contributed by atoms with Crippen LogP contribution in [0.2, 0.25) is 0 Å². The van der Waals surface area contributed by atoms with Crippen LogP contribution in [0.15, 0.2) is 58.8 Å². The van der Waals surface area contributed by atoms with Gasteiger partial charge in [-0.3, -0.25) is 14.9 Å². The van der Waals surface area contributed by atoms with E-state index in [-0.39, 0.29) is 11.3 Å². The highest BCUT2D eigenvalue weighted by Gasteiger charge is 2.20. The topological polar surface area (TPSA) is 108 Å². The van der Waals surface area contributed by atoms with Crippen LogP contribution < -0.4 is 4.90 Å². The second-order valence-electron chi connectivity index (χ2n) is 9.35. The number of carboxylic acids is 1. The molecule has 2 aromatic rings. The van der Waals surface area contributed by atoms with E-state index in [0.717, 1.165) is 30.5 Å². The molecule has 0 saturated carbocycles. The summed E-state index contributed by atoms with van der Waals surface area (Å²) in [6.07, 6.45) is 10.6. The first kappa shape index (κ1) is 28.9. The minimum absolute atomic E-state index is 0.0789. The summed E-state index contributed by atoms with van der Waals surface area (Å²) in [6.45, 7) is 2.64. The molecule has 2 rings (SSSR count). The van der Waals surface area contributed by atoms with Gasteiger partial charge in [0.25, 0.3) is 0 Å². The summed E-state index contributed by atoms with van der Waals surface area (Å²) in [6, 6.07) is 14.3. The number of unbranched alkanes of at least 4 members (excludes halogenated alkanes) is 7. The van der Waals surface area contributed by atoms with E-state index in [1.807, 2.05) is 60.5 Å². The van der Waals surface area contributed by atoms with Crippen molar-refractivity contribution < 1.29 is 14.8 Å². The average molecular weight is 497 g/mol. The van der Waals surface area contributed by atoms with Gasteiger partial charge in [0.15, 0.2) is 0 Å². The SMILES string of the molecule is CCCCCCCCCCC(Cc1ccc(N=Nc2ccc(N(C)CCC(=O)O)cc2)cc1)[N+](=O)[O-]. The molecule has 0 fully saturated rings. The Morgan fingerprint density at radius 2 is 1.44 bits per heavy atom. The highest BCUT2D eigenvalue weighted by Crippen LogP contribution is 2.23. The number of hydrogen-bond acceptors (Lipinski definition) is 6. The summed E-state index contributed by atoms with van der Waals surface area (Å²) in [5, 5.41) is 28.9. The predicted molar refractivity (Wildman–Crippen MR) is 144 cm³/mol. The van der Waals surface area contributed by atoms with Crippen LogP contribution in [0.25, 0.3) is 0 Å². The van der Waals surface area contributed by atoms with E-state index in [1.54, 1.807) is 0 Å². The zero-order valence-corrected chi connectivity index (χ0v) is 21.6. The van der Waals surface area contributed by atoms with Crippen molar-refractivity contribution in [2.24, 2.45) is 10.2 Å². The number of nitro groups is 1. The third-order valence-electron chi connectivity index (χ3n) is 6.33. The number of rotatable bonds is 18. The summed E-state index contributed by atoms with van der Waals surface area (Å²) < 4.78 is 0. The maximum Gasteiger partial charge on any atom is 0.305 e. The molecular weight excluding hydrogens is 456 g/mol. The smallest absolute Gasteiger partial charge is 0.305 e. The molecule has 0 amide bonds. The van der Waals surface area contributed by atoms with Crippen molar-refractivity contribution in [3.8, 4) is 0 Å². The van der Waals surface area contributed by atoms with E-state index >= 15 is 0 Å². The molecule has 0 aromatic heterocycles. The van der Waals surface area contributed by atoms with Gasteiger partial charge < -0.3 is 10.0 Å². The van der Waals surface area contributed by atoms with Crippen LogP contribution >= 0.6 is 0 Å². The van der Waals surface area contributed by atoms with Crippen LogP contribution in [0, 0.1) is 10.1 Å². The van der Waals surface area contributed by atoms with Gasteiger partial charge in [-0.15, -0.1) is 0 Å². The third-order valence-corrected chi connectivity index (χ3v) is 6.33. The number of nitrogens with zero attached hydrogens (tertiary/aromatic N) is 4. The molecule has 196 valence electrons. The maximum atomic E-state index is 11.5. The molecule has 1 N–H and O–H groups in total. The van der Waals surface area contributed by atoms with Gasteiger partial charge >= 0.3 is 5.97 Å². The number of hydrogen-bond donors (Lipinski definition) is 1. The Balaban J connectivity index is 1.80. The molecule has 1 unspecified atom stereocenters. The zero-order chi connectivity index (χ0) is 26.2. The molecule has 0 bridgehead atoms. The summed E-state index contributed by atoms with van der Waals surface area (Å²) >= 11 is 0. The molecule has 1 atom stereocenters. The summed E-state index contributed by atoms with van der Waals surface area (Å²) in [4.78, 5) is 24.0. The number of carbonyl (C=O) groups is 1. The minimum atomic E-state index is -0.823. The molecular formula is C28H40N4O4. The Hall–Kier alpha value is -3.29. The Labute approximate surface area is 214 Å². The van der Waals surface area contributed by atoms with Crippen molar-refractivity contribution in [1.29, 1.82) is 0 Å². The largest absolute Gasteiger partial charge is 0.481 e. The average Bonchev–Trinajstić information content (AvgIpc) is 2.87. The van der Waals surface area contributed by atoms with E-state index in [1.165, 1.54) is 32.1 Å². The van der Waals surface area contributed by atoms with Crippen molar-refractivity contribution in [3.05, 3.63) is 64.2 Å². The summed E-state index contributed by atoms with van der Waals surface area (Å²) in [5.41, 5.74) is 3.21. The first-order valence-corrected chi connectivity index (χ1v) is 13.1. The Bertz CT molecular complexity index is 945. The monoisotopic (exact) mass is 496 g/mol. The zero-order valence-electron chi connectivity index (χ0n) is 21.6. The van der Waals surface area contributed by atoms with Crippen LogP contribution in [0.3, 0.4) is 0 Å². The predicted octanol–water partition coefficient (Wildman–Crippen LogP) is 7.73. The molecule has 0 aliphatic heterocycles. The lowest BCUT2D eigenvalue weighted by Crippen LogP contribution is -2.22. The molecule has 0 aliphatic rings. The standard InChI is InChI=1S/C28H40N4O4/c1-3-4-5-6-7-8-9-10-11-27(32(35)36)22-23-12-14-24(15-13-23)29-30-25-16-18-26(19-17-25)31(2)21-20-28(33)34/h12-19,27H,3-11,20-22H2,1-2H3,(H,33,34). The molecule has 0 aliphatic carbocycles. The number of azo groups is 1. The van der Waals surface area contributed by atoms with Crippen LogP contribution in [-0.2, 0) is 11.2 Å². The molecule has 36 heavy (non-hydrogen) atoms. The molecule has 2 aromatic carbocycles. The van der Waals surface area contributed by atoms with Gasteiger partial charge in [-0.2, -0.15) is 10.2 Å². The van der Waals surface area contributed by atoms with Crippen molar-refractivity contribution in [3.63, 3.8) is 0 Å². The van der Waals surface area contributed by atoms with Gasteiger partial charge in [-0.1, -0.05) is 64.0 Å². The second-order valence-corrected chi connectivity index (χ2v) is 9.35. The van der Waals surface area contributed by atoms with Gasteiger partial charge in [-0.05, 0) is 48.4 Å². The summed E-state index contributed by atoms with van der Waals surface area (Å²) in [7, 11) is 1.85. The summed E-state index contributed by atoms with van der Waals surface area (Å²) in [5.74, 6) is -0.823. The molecule has 0 radical (unpaired) electrons. The van der Waals surface area contributed by atoms with Crippen LogP contribution in [0.1, 0.15) is 76.7 Å². The van der Waals surface area contributed by atoms with Gasteiger partial charge in [0.1, 0.15) is 0 Å². The van der Waals surface area contributed by atoms with Crippen molar-refractivity contribution in [2.75, 3.05) is 18.5 Å². The Morgan fingerprint density at radius 1 is 0.917 bits per heavy atom. The fraction of sp³-hybridized carbons (Fsp3) is 0.536. The molecule has 0 spiro atoms. The normalized spacial score (nSPS) is 12.1. The van der Waals surface area contributed by atoms with Crippen LogP contribution in [0.5, 0.6) is 0 Å². The Morgan fingerprint density at radius 3 is 1.97 bits per heavy atom. The van der Waals surface area contributed by atoms with Gasteiger partial charge in [0, 0.05) is 37.0 Å².